The second-order valence-electron chi connectivity index (χ2n) is 6.74. The van der Waals surface area contributed by atoms with Crippen molar-refractivity contribution in [2.75, 3.05) is 20.2 Å². The fraction of sp³-hybridized carbons (Fsp3) is 0.750. The van der Waals surface area contributed by atoms with Crippen LogP contribution in [0.2, 0.25) is 0 Å². The van der Waals surface area contributed by atoms with Gasteiger partial charge in [0, 0.05) is 39.4 Å². The number of halogens is 3. The van der Waals surface area contributed by atoms with Gasteiger partial charge in [-0.05, 0) is 32.1 Å². The van der Waals surface area contributed by atoms with Crippen molar-refractivity contribution >= 4 is 5.91 Å². The van der Waals surface area contributed by atoms with Gasteiger partial charge in [-0.25, -0.2) is 4.98 Å². The fourth-order valence-electron chi connectivity index (χ4n) is 3.66. The average Bonchev–Trinajstić information content (AvgIpc) is 2.89. The lowest BCUT2D eigenvalue weighted by atomic mass is 9.78. The van der Waals surface area contributed by atoms with Crippen LogP contribution in [-0.2, 0) is 22.8 Å². The number of carbonyl (C=O) groups excluding carboxylic acids is 1. The molecule has 24 heavy (non-hydrogen) atoms. The zero-order valence-corrected chi connectivity index (χ0v) is 13.9. The van der Waals surface area contributed by atoms with Crippen LogP contribution in [0.25, 0.3) is 0 Å². The van der Waals surface area contributed by atoms with E-state index >= 15 is 0 Å². The van der Waals surface area contributed by atoms with Crippen molar-refractivity contribution in [2.45, 2.75) is 49.8 Å². The summed E-state index contributed by atoms with van der Waals surface area (Å²) in [5.74, 6) is 0.170. The number of aromatic nitrogens is 2. The number of amides is 1. The van der Waals surface area contributed by atoms with Gasteiger partial charge in [0.15, 0.2) is 5.69 Å². The summed E-state index contributed by atoms with van der Waals surface area (Å²) in [5, 5.41) is 0. The summed E-state index contributed by atoms with van der Waals surface area (Å²) in [6.07, 6.45) is 0.431. The highest BCUT2D eigenvalue weighted by molar-refractivity contribution is 5.86. The van der Waals surface area contributed by atoms with Gasteiger partial charge in [0.2, 0.25) is 0 Å². The minimum atomic E-state index is -4.45. The van der Waals surface area contributed by atoms with Crippen LogP contribution in [0, 0.1) is 0 Å². The molecule has 1 atom stereocenters. The lowest BCUT2D eigenvalue weighted by molar-refractivity contribution is -0.167. The molecule has 134 valence electrons. The molecule has 2 fully saturated rings. The molecule has 1 aliphatic heterocycles. The van der Waals surface area contributed by atoms with Crippen LogP contribution >= 0.6 is 0 Å². The van der Waals surface area contributed by atoms with Crippen molar-refractivity contribution in [1.82, 2.24) is 14.5 Å². The monoisotopic (exact) mass is 345 g/mol. The van der Waals surface area contributed by atoms with E-state index in [1.54, 1.807) is 19.1 Å². The summed E-state index contributed by atoms with van der Waals surface area (Å²) in [7, 11) is 3.12. The van der Waals surface area contributed by atoms with Crippen LogP contribution in [0.4, 0.5) is 13.2 Å². The number of alkyl halides is 3. The Bertz CT molecular complexity index is 617. The molecule has 1 aromatic heterocycles. The predicted molar refractivity (Wildman–Crippen MR) is 80.4 cm³/mol. The molecule has 0 bridgehead atoms. The number of ether oxygens (including phenoxy) is 1. The summed E-state index contributed by atoms with van der Waals surface area (Å²) in [4.78, 5) is 18.3. The number of methoxy groups -OCH3 is 1. The second kappa shape index (κ2) is 6.06. The fourth-order valence-corrected chi connectivity index (χ4v) is 3.66. The van der Waals surface area contributed by atoms with Crippen LogP contribution in [-0.4, -0.2) is 46.2 Å². The Kier molecular flexibility index (Phi) is 4.36. The molecule has 2 aliphatic rings. The first-order valence-corrected chi connectivity index (χ1v) is 8.22. The molecule has 1 saturated heterocycles. The summed E-state index contributed by atoms with van der Waals surface area (Å²) >= 11 is 0. The van der Waals surface area contributed by atoms with E-state index in [1.165, 1.54) is 4.57 Å². The smallest absolute Gasteiger partial charge is 0.368 e. The lowest BCUT2D eigenvalue weighted by Gasteiger charge is -2.44. The van der Waals surface area contributed by atoms with Crippen LogP contribution < -0.4 is 0 Å². The largest absolute Gasteiger partial charge is 0.434 e. The van der Waals surface area contributed by atoms with Gasteiger partial charge >= 0.3 is 6.18 Å². The Morgan fingerprint density at radius 3 is 2.58 bits per heavy atom. The van der Waals surface area contributed by atoms with Crippen molar-refractivity contribution in [3.8, 4) is 0 Å². The molecular formula is C16H22F3N3O2. The molecule has 1 saturated carbocycles. The van der Waals surface area contributed by atoms with E-state index in [0.29, 0.717) is 31.8 Å². The van der Waals surface area contributed by atoms with E-state index in [2.05, 4.69) is 4.98 Å². The topological polar surface area (TPSA) is 47.4 Å². The maximum atomic E-state index is 12.9. The number of piperidine rings is 1. The van der Waals surface area contributed by atoms with Gasteiger partial charge in [-0.1, -0.05) is 0 Å². The molecule has 3 rings (SSSR count). The van der Waals surface area contributed by atoms with Gasteiger partial charge in [-0.2, -0.15) is 13.2 Å². The molecule has 1 aromatic rings. The zero-order chi connectivity index (χ0) is 17.5. The zero-order valence-electron chi connectivity index (χ0n) is 13.9. The number of likely N-dealkylation sites (tertiary alicyclic amines) is 1. The highest BCUT2D eigenvalue weighted by atomic mass is 19.4. The van der Waals surface area contributed by atoms with Crippen molar-refractivity contribution in [2.24, 2.45) is 7.05 Å². The highest BCUT2D eigenvalue weighted by Crippen LogP contribution is 2.39. The summed E-state index contributed by atoms with van der Waals surface area (Å²) in [6.45, 7) is 1.02. The van der Waals surface area contributed by atoms with Gasteiger partial charge in [-0.15, -0.1) is 0 Å². The standard InChI is InChI=1S/C16H22F3N3O2/c1-21-10-12(16(17,18)19)20-13(21)11-5-3-8-22(9-11)14(23)15(24-2)6-4-7-15/h10-11H,3-9H2,1-2H3. The van der Waals surface area contributed by atoms with Gasteiger partial charge in [0.25, 0.3) is 5.91 Å². The second-order valence-corrected chi connectivity index (χ2v) is 6.74. The molecule has 1 unspecified atom stereocenters. The molecule has 0 radical (unpaired) electrons. The number of nitrogens with zero attached hydrogens (tertiary/aromatic N) is 3. The van der Waals surface area contributed by atoms with Gasteiger partial charge in [0.05, 0.1) is 0 Å². The first-order chi connectivity index (χ1) is 11.3. The van der Waals surface area contributed by atoms with E-state index in [4.69, 9.17) is 4.74 Å². The Hall–Kier alpha value is -1.57. The van der Waals surface area contributed by atoms with Crippen LogP contribution in [0.1, 0.15) is 49.5 Å². The minimum Gasteiger partial charge on any atom is -0.368 e. The number of hydrogen-bond donors (Lipinski definition) is 0. The Balaban J connectivity index is 1.77. The molecule has 2 heterocycles. The maximum Gasteiger partial charge on any atom is 0.434 e. The molecule has 1 amide bonds. The molecule has 8 heteroatoms. The lowest BCUT2D eigenvalue weighted by Crippen LogP contribution is -2.56. The predicted octanol–water partition coefficient (Wildman–Crippen LogP) is 2.71. The quantitative estimate of drug-likeness (QED) is 0.846. The third kappa shape index (κ3) is 2.92. The molecule has 5 nitrogen and oxygen atoms in total. The van der Waals surface area contributed by atoms with Crippen LogP contribution in [0.5, 0.6) is 0 Å². The number of carbonyl (C=O) groups is 1. The van der Waals surface area contributed by atoms with Gasteiger partial charge < -0.3 is 14.2 Å². The summed E-state index contributed by atoms with van der Waals surface area (Å²) < 4.78 is 45.4. The number of rotatable bonds is 3. The first-order valence-electron chi connectivity index (χ1n) is 8.22. The van der Waals surface area contributed by atoms with E-state index in [1.807, 2.05) is 0 Å². The van der Waals surface area contributed by atoms with Crippen LogP contribution in [0.3, 0.4) is 0 Å². The highest BCUT2D eigenvalue weighted by Gasteiger charge is 2.47. The van der Waals surface area contributed by atoms with E-state index in [-0.39, 0.29) is 11.8 Å². The Morgan fingerprint density at radius 2 is 2.08 bits per heavy atom. The molecular weight excluding hydrogens is 323 g/mol. The molecule has 0 aromatic carbocycles. The Morgan fingerprint density at radius 1 is 1.38 bits per heavy atom. The van der Waals surface area contributed by atoms with E-state index in [0.717, 1.165) is 25.5 Å². The van der Waals surface area contributed by atoms with Gasteiger partial charge in [0.1, 0.15) is 11.4 Å². The van der Waals surface area contributed by atoms with Crippen molar-refractivity contribution < 1.29 is 22.7 Å². The number of aryl methyl sites for hydroxylation is 1. The van der Waals surface area contributed by atoms with Crippen molar-refractivity contribution in [3.63, 3.8) is 0 Å². The SMILES string of the molecule is COC1(C(=O)N2CCCC(c3nc(C(F)(F)F)cn3C)C2)CCC1. The summed E-state index contributed by atoms with van der Waals surface area (Å²) in [5.41, 5.74) is -1.60. The molecule has 1 aliphatic carbocycles. The number of imidazole rings is 1. The third-order valence-corrected chi connectivity index (χ3v) is 5.22. The van der Waals surface area contributed by atoms with Gasteiger partial charge in [-0.3, -0.25) is 4.79 Å². The normalized spacial score (nSPS) is 23.9. The van der Waals surface area contributed by atoms with Crippen molar-refractivity contribution in [3.05, 3.63) is 17.7 Å². The van der Waals surface area contributed by atoms with Crippen molar-refractivity contribution in [1.29, 1.82) is 0 Å². The summed E-state index contributed by atoms with van der Waals surface area (Å²) in [6, 6.07) is 0. The van der Waals surface area contributed by atoms with E-state index in [9.17, 15) is 18.0 Å². The average molecular weight is 345 g/mol. The van der Waals surface area contributed by atoms with E-state index < -0.39 is 17.5 Å². The van der Waals surface area contributed by atoms with Crippen LogP contribution in [0.15, 0.2) is 6.20 Å². The third-order valence-electron chi connectivity index (χ3n) is 5.22. The first kappa shape index (κ1) is 17.3. The minimum absolute atomic E-state index is 0.0359. The number of hydrogen-bond acceptors (Lipinski definition) is 3. The Labute approximate surface area is 138 Å². The molecule has 0 N–H and O–H groups in total. The maximum absolute atomic E-state index is 12.9. The molecule has 0 spiro atoms.